The number of pyridine rings is 1. The van der Waals surface area contributed by atoms with Gasteiger partial charge in [0.25, 0.3) is 11.8 Å². The summed E-state index contributed by atoms with van der Waals surface area (Å²) in [5.74, 6) is -0.0448. The van der Waals surface area contributed by atoms with E-state index in [0.717, 1.165) is 34.5 Å². The SMILES string of the molecule is CNCCn1c(/N=C\N(C)C)nc2c[n+](CC3=C(C=O)N4C(=O)C(NC(=O)/C(=N\OC(C)C)c5nc(N)sc5Cl)C4SC3)ccc21. The molecule has 2 aliphatic rings. The van der Waals surface area contributed by atoms with Crippen molar-refractivity contribution < 1.29 is 23.8 Å². The standard InChI is InChI=1S/C28H34ClN11O4S2/c1-15(2)44-36-21(20-23(29)46-27(30)35-20)24(42)34-22-25(43)40-19(12-41)16(13-45-26(22)40)10-38-8-6-18-17(11-38)33-28(32-14-37(4)5)39(18)9-7-31-3/h6,8,11-12,14-15,22,26,31H,7,9-10,13H2,1-5H3,(H2-,30,34,35,42)/p+1/b32-14-,36-21-. The summed E-state index contributed by atoms with van der Waals surface area (Å²) in [7, 11) is 5.68. The Hall–Kier alpha value is -4.06. The van der Waals surface area contributed by atoms with Crippen molar-refractivity contribution in [2.75, 3.05) is 39.2 Å². The number of hydrogen-bond donors (Lipinski definition) is 3. The molecule has 1 saturated heterocycles. The minimum Gasteiger partial charge on any atom is -0.392 e. The molecule has 4 N–H and O–H groups in total. The summed E-state index contributed by atoms with van der Waals surface area (Å²) in [5.41, 5.74) is 8.39. The molecular formula is C28H35ClN11O4S2+. The minimum atomic E-state index is -0.889. The largest absolute Gasteiger partial charge is 0.392 e. The Balaban J connectivity index is 1.35. The lowest BCUT2D eigenvalue weighted by Gasteiger charge is -2.49. The summed E-state index contributed by atoms with van der Waals surface area (Å²) in [5, 5.41) is 9.51. The Morgan fingerprint density at radius 2 is 2.15 bits per heavy atom. The van der Waals surface area contributed by atoms with Crippen molar-refractivity contribution in [1.29, 1.82) is 0 Å². The maximum Gasteiger partial charge on any atom is 0.276 e. The summed E-state index contributed by atoms with van der Waals surface area (Å²) in [6.07, 6.45) is 5.90. The number of hydrogen-bond acceptors (Lipinski definition) is 12. The quantitative estimate of drug-likeness (QED) is 0.0590. The third kappa shape index (κ3) is 6.86. The van der Waals surface area contributed by atoms with Gasteiger partial charge in [0.2, 0.25) is 5.95 Å². The number of nitrogens with two attached hydrogens (primary N) is 1. The Morgan fingerprint density at radius 1 is 1.37 bits per heavy atom. The summed E-state index contributed by atoms with van der Waals surface area (Å²) < 4.78 is 4.14. The van der Waals surface area contributed by atoms with Crippen LogP contribution in [-0.4, -0.2) is 105 Å². The Labute approximate surface area is 278 Å². The van der Waals surface area contributed by atoms with Gasteiger partial charge in [-0.05, 0) is 20.9 Å². The molecule has 2 atom stereocenters. The van der Waals surface area contributed by atoms with E-state index in [1.54, 1.807) is 20.2 Å². The maximum atomic E-state index is 13.3. The molecule has 0 spiro atoms. The van der Waals surface area contributed by atoms with Crippen molar-refractivity contribution in [3.05, 3.63) is 39.8 Å². The van der Waals surface area contributed by atoms with Gasteiger partial charge in [-0.15, -0.1) is 11.8 Å². The van der Waals surface area contributed by atoms with Crippen molar-refractivity contribution >= 4 is 87.0 Å². The van der Waals surface area contributed by atoms with Gasteiger partial charge in [-0.3, -0.25) is 19.3 Å². The van der Waals surface area contributed by atoms with E-state index in [0.29, 0.717) is 31.1 Å². The first-order chi connectivity index (χ1) is 22.0. The molecule has 0 aromatic carbocycles. The number of carbonyl (C=O) groups excluding carboxylic acids is 3. The second kappa shape index (κ2) is 14.1. The van der Waals surface area contributed by atoms with Crippen molar-refractivity contribution in [1.82, 2.24) is 35.0 Å². The molecule has 46 heavy (non-hydrogen) atoms. The van der Waals surface area contributed by atoms with Gasteiger partial charge in [0.05, 0.1) is 17.6 Å². The number of nitrogen functional groups attached to an aromatic ring is 1. The number of anilines is 1. The molecule has 2 unspecified atom stereocenters. The monoisotopic (exact) mass is 688 g/mol. The molecule has 1 fully saturated rings. The summed E-state index contributed by atoms with van der Waals surface area (Å²) >= 11 is 8.70. The van der Waals surface area contributed by atoms with Gasteiger partial charge in [-0.2, -0.15) is 4.57 Å². The number of rotatable bonds is 13. The topological polar surface area (TPSA) is 176 Å². The number of β-lactam (4-membered cyclic amide) rings is 1. The van der Waals surface area contributed by atoms with Crippen molar-refractivity contribution in [3.63, 3.8) is 0 Å². The minimum absolute atomic E-state index is 0.0653. The van der Waals surface area contributed by atoms with Gasteiger partial charge in [0.1, 0.15) is 27.5 Å². The van der Waals surface area contributed by atoms with E-state index in [-0.39, 0.29) is 32.7 Å². The Kier molecular flexibility index (Phi) is 10.2. The van der Waals surface area contributed by atoms with Gasteiger partial charge in [-0.1, -0.05) is 28.1 Å². The number of halogens is 1. The van der Waals surface area contributed by atoms with E-state index in [1.165, 1.54) is 16.7 Å². The fourth-order valence-corrected chi connectivity index (χ4v) is 7.16. The fourth-order valence-electron chi connectivity index (χ4n) is 4.88. The zero-order valence-electron chi connectivity index (χ0n) is 25.9. The zero-order valence-corrected chi connectivity index (χ0v) is 28.3. The fraction of sp³-hybridized carbons (Fsp3) is 0.429. The predicted molar refractivity (Wildman–Crippen MR) is 178 cm³/mol. The number of thioether (sulfide) groups is 1. The highest BCUT2D eigenvalue weighted by Crippen LogP contribution is 2.40. The lowest BCUT2D eigenvalue weighted by molar-refractivity contribution is -0.687. The van der Waals surface area contributed by atoms with E-state index >= 15 is 0 Å². The van der Waals surface area contributed by atoms with Crippen LogP contribution in [0.15, 0.2) is 39.9 Å². The Morgan fingerprint density at radius 3 is 2.80 bits per heavy atom. The normalized spacial score (nSPS) is 18.4. The number of likely N-dealkylation sites (N-methyl/N-ethyl adjacent to an activating group) is 1. The number of allylic oxidation sites excluding steroid dienone is 1. The van der Waals surface area contributed by atoms with Crippen LogP contribution in [0.25, 0.3) is 11.0 Å². The van der Waals surface area contributed by atoms with Crippen molar-refractivity contribution in [2.45, 2.75) is 44.5 Å². The number of fused-ring (bicyclic) bond motifs is 2. The van der Waals surface area contributed by atoms with E-state index in [2.05, 4.69) is 25.8 Å². The van der Waals surface area contributed by atoms with E-state index in [9.17, 15) is 14.4 Å². The highest BCUT2D eigenvalue weighted by atomic mass is 35.5. The summed E-state index contributed by atoms with van der Waals surface area (Å²) in [6.45, 7) is 5.31. The number of amides is 2. The van der Waals surface area contributed by atoms with Crippen LogP contribution in [0.3, 0.4) is 0 Å². The first kappa shape index (κ1) is 33.3. The first-order valence-electron chi connectivity index (χ1n) is 14.4. The van der Waals surface area contributed by atoms with Crippen LogP contribution in [0.5, 0.6) is 0 Å². The number of aldehydes is 1. The van der Waals surface area contributed by atoms with Crippen molar-refractivity contribution in [3.8, 4) is 0 Å². The molecule has 0 saturated carbocycles. The molecule has 0 aliphatic carbocycles. The molecule has 15 nitrogen and oxygen atoms in total. The lowest BCUT2D eigenvalue weighted by Crippen LogP contribution is -2.70. The molecule has 3 aromatic heterocycles. The van der Waals surface area contributed by atoms with Crippen LogP contribution in [0.4, 0.5) is 11.1 Å². The van der Waals surface area contributed by atoms with Crippen LogP contribution in [0.1, 0.15) is 19.5 Å². The first-order valence-corrected chi connectivity index (χ1v) is 16.6. The van der Waals surface area contributed by atoms with Crippen LogP contribution in [0, 0.1) is 0 Å². The number of nitrogens with one attached hydrogen (secondary N) is 2. The molecule has 5 rings (SSSR count). The predicted octanol–water partition coefficient (Wildman–Crippen LogP) is 1.14. The van der Waals surface area contributed by atoms with Crippen LogP contribution in [0.2, 0.25) is 4.34 Å². The molecule has 5 heterocycles. The smallest absolute Gasteiger partial charge is 0.276 e. The number of thiazole rings is 1. The molecule has 0 radical (unpaired) electrons. The number of nitrogens with zero attached hydrogens (tertiary/aromatic N) is 8. The molecule has 18 heteroatoms. The van der Waals surface area contributed by atoms with E-state index in [4.69, 9.17) is 27.2 Å². The second-order valence-corrected chi connectivity index (χ2v) is 13.7. The average molecular weight is 689 g/mol. The second-order valence-electron chi connectivity index (χ2n) is 11.0. The number of oxime groups is 1. The molecule has 3 aromatic rings. The lowest BCUT2D eigenvalue weighted by atomic mass is 10.0. The molecular weight excluding hydrogens is 654 g/mol. The van der Waals surface area contributed by atoms with Gasteiger partial charge in [0.15, 0.2) is 41.6 Å². The van der Waals surface area contributed by atoms with Crippen LogP contribution < -0.4 is 20.9 Å². The zero-order chi connectivity index (χ0) is 33.1. The van der Waals surface area contributed by atoms with Gasteiger partial charge < -0.3 is 30.7 Å². The maximum absolute atomic E-state index is 13.3. The number of carbonyl (C=O) groups is 3. The molecule has 244 valence electrons. The highest BCUT2D eigenvalue weighted by Gasteiger charge is 2.53. The van der Waals surface area contributed by atoms with E-state index < -0.39 is 23.2 Å². The van der Waals surface area contributed by atoms with E-state index in [1.807, 2.05) is 53.6 Å². The number of aromatic nitrogens is 4. The third-order valence-electron chi connectivity index (χ3n) is 6.98. The van der Waals surface area contributed by atoms with Gasteiger partial charge >= 0.3 is 0 Å². The van der Waals surface area contributed by atoms with Gasteiger partial charge in [0, 0.05) is 44.6 Å². The Bertz CT molecular complexity index is 1750. The summed E-state index contributed by atoms with van der Waals surface area (Å²) in [4.78, 5) is 60.9. The van der Waals surface area contributed by atoms with Crippen LogP contribution >= 0.6 is 34.7 Å². The average Bonchev–Trinajstić information content (AvgIpc) is 3.54. The van der Waals surface area contributed by atoms with Gasteiger partial charge in [-0.25, -0.2) is 15.0 Å². The van der Waals surface area contributed by atoms with Crippen LogP contribution in [-0.2, 0) is 32.3 Å². The van der Waals surface area contributed by atoms with Crippen molar-refractivity contribution in [2.24, 2.45) is 10.1 Å². The summed E-state index contributed by atoms with van der Waals surface area (Å²) in [6, 6.07) is 1.08. The molecule has 2 aliphatic heterocycles. The highest BCUT2D eigenvalue weighted by molar-refractivity contribution is 8.00. The number of aliphatic imine (C=N–C) groups is 1. The molecule has 0 bridgehead atoms. The number of imidazole rings is 1. The third-order valence-corrected chi connectivity index (χ3v) is 9.40. The molecule has 2 amide bonds.